The summed E-state index contributed by atoms with van der Waals surface area (Å²) in [7, 11) is 0. The van der Waals surface area contributed by atoms with Gasteiger partial charge >= 0.3 is 5.97 Å². The number of hydrogen-bond donors (Lipinski definition) is 1. The standard InChI is InChI=1S/C15H18N2O2S2/c1-4-19-14(18)12-13(16)17(15(20)21-12)11-7-5-10(6-8-11)9(2)3/h5-9H,4,16H2,1-3H3. The summed E-state index contributed by atoms with van der Waals surface area (Å²) in [4.78, 5) is 12.2. The summed E-state index contributed by atoms with van der Waals surface area (Å²) in [5.74, 6) is 0.367. The fraction of sp³-hybridized carbons (Fsp3) is 0.333. The topological polar surface area (TPSA) is 57.2 Å². The van der Waals surface area contributed by atoms with Crippen LogP contribution in [0.3, 0.4) is 0 Å². The number of benzene rings is 1. The molecule has 0 unspecified atom stereocenters. The summed E-state index contributed by atoms with van der Waals surface area (Å²) in [6.07, 6.45) is 0. The molecule has 0 saturated heterocycles. The zero-order valence-electron chi connectivity index (χ0n) is 12.3. The Morgan fingerprint density at radius 1 is 1.38 bits per heavy atom. The van der Waals surface area contributed by atoms with E-state index in [1.165, 1.54) is 16.9 Å². The number of nitrogens with zero attached hydrogens (tertiary/aromatic N) is 1. The lowest BCUT2D eigenvalue weighted by atomic mass is 10.0. The van der Waals surface area contributed by atoms with Gasteiger partial charge in [0.05, 0.1) is 6.61 Å². The van der Waals surface area contributed by atoms with Crippen molar-refractivity contribution in [3.63, 3.8) is 0 Å². The monoisotopic (exact) mass is 322 g/mol. The number of carbonyl (C=O) groups is 1. The highest BCUT2D eigenvalue weighted by Crippen LogP contribution is 2.27. The number of carbonyl (C=O) groups excluding carboxylic acids is 1. The van der Waals surface area contributed by atoms with Gasteiger partial charge in [-0.1, -0.05) is 37.3 Å². The third kappa shape index (κ3) is 3.16. The maximum absolute atomic E-state index is 11.9. The zero-order valence-corrected chi connectivity index (χ0v) is 13.9. The van der Waals surface area contributed by atoms with Crippen LogP contribution in [0.4, 0.5) is 5.82 Å². The maximum Gasteiger partial charge on any atom is 0.352 e. The van der Waals surface area contributed by atoms with Gasteiger partial charge in [0.25, 0.3) is 0 Å². The molecule has 0 bridgehead atoms. The van der Waals surface area contributed by atoms with E-state index < -0.39 is 5.97 Å². The molecule has 2 N–H and O–H groups in total. The summed E-state index contributed by atoms with van der Waals surface area (Å²) in [5, 5.41) is 0. The smallest absolute Gasteiger partial charge is 0.352 e. The maximum atomic E-state index is 11.9. The van der Waals surface area contributed by atoms with E-state index in [9.17, 15) is 4.79 Å². The highest BCUT2D eigenvalue weighted by molar-refractivity contribution is 7.73. The van der Waals surface area contributed by atoms with Crippen molar-refractivity contribution in [2.24, 2.45) is 0 Å². The van der Waals surface area contributed by atoms with Crippen LogP contribution < -0.4 is 5.73 Å². The average Bonchev–Trinajstić information content (AvgIpc) is 2.74. The van der Waals surface area contributed by atoms with Crippen LogP contribution in [-0.4, -0.2) is 17.1 Å². The van der Waals surface area contributed by atoms with Crippen molar-refractivity contribution in [3.8, 4) is 5.69 Å². The van der Waals surface area contributed by atoms with Crippen molar-refractivity contribution >= 4 is 35.3 Å². The molecule has 0 aliphatic rings. The first-order valence-electron chi connectivity index (χ1n) is 6.74. The fourth-order valence-corrected chi connectivity index (χ4v) is 3.24. The molecule has 1 aromatic carbocycles. The molecule has 0 fully saturated rings. The van der Waals surface area contributed by atoms with Crippen molar-refractivity contribution < 1.29 is 9.53 Å². The average molecular weight is 322 g/mol. The minimum atomic E-state index is -0.427. The first-order valence-corrected chi connectivity index (χ1v) is 7.97. The van der Waals surface area contributed by atoms with Crippen LogP contribution in [0.25, 0.3) is 5.69 Å². The van der Waals surface area contributed by atoms with Crippen molar-refractivity contribution in [2.75, 3.05) is 12.3 Å². The molecule has 2 aromatic rings. The largest absolute Gasteiger partial charge is 0.462 e. The Kier molecular flexibility index (Phi) is 4.80. The van der Waals surface area contributed by atoms with Gasteiger partial charge in [-0.3, -0.25) is 4.57 Å². The highest BCUT2D eigenvalue weighted by Gasteiger charge is 2.19. The quantitative estimate of drug-likeness (QED) is 0.678. The molecule has 0 aliphatic heterocycles. The molecule has 2 rings (SSSR count). The lowest BCUT2D eigenvalue weighted by Crippen LogP contribution is -2.08. The van der Waals surface area contributed by atoms with E-state index in [0.29, 0.717) is 27.2 Å². The molecular weight excluding hydrogens is 304 g/mol. The number of aromatic nitrogens is 1. The van der Waals surface area contributed by atoms with E-state index in [-0.39, 0.29) is 0 Å². The first kappa shape index (κ1) is 15.7. The van der Waals surface area contributed by atoms with Crippen LogP contribution in [0.5, 0.6) is 0 Å². The van der Waals surface area contributed by atoms with Crippen molar-refractivity contribution in [2.45, 2.75) is 26.7 Å². The Balaban J connectivity index is 2.45. The minimum Gasteiger partial charge on any atom is -0.462 e. The molecule has 1 heterocycles. The number of nitrogens with two attached hydrogens (primary N) is 1. The van der Waals surface area contributed by atoms with E-state index in [2.05, 4.69) is 13.8 Å². The predicted molar refractivity (Wildman–Crippen MR) is 88.9 cm³/mol. The summed E-state index contributed by atoms with van der Waals surface area (Å²) in [6.45, 7) is 6.35. The zero-order chi connectivity index (χ0) is 15.6. The van der Waals surface area contributed by atoms with Crippen LogP contribution in [0.2, 0.25) is 0 Å². The fourth-order valence-electron chi connectivity index (χ4n) is 1.98. The van der Waals surface area contributed by atoms with Gasteiger partial charge in [0, 0.05) is 5.69 Å². The molecule has 0 radical (unpaired) electrons. The summed E-state index contributed by atoms with van der Waals surface area (Å²) in [5.41, 5.74) is 8.17. The molecule has 0 atom stereocenters. The number of esters is 1. The molecule has 112 valence electrons. The molecule has 0 amide bonds. The van der Waals surface area contributed by atoms with Crippen LogP contribution in [-0.2, 0) is 4.74 Å². The third-order valence-corrected chi connectivity index (χ3v) is 4.49. The van der Waals surface area contributed by atoms with Gasteiger partial charge in [-0.2, -0.15) is 0 Å². The van der Waals surface area contributed by atoms with Gasteiger partial charge < -0.3 is 10.5 Å². The molecular formula is C15H18N2O2S2. The number of nitrogen functional groups attached to an aromatic ring is 1. The SMILES string of the molecule is CCOC(=O)c1sc(=S)n(-c2ccc(C(C)C)cc2)c1N. The summed E-state index contributed by atoms with van der Waals surface area (Å²) < 4.78 is 7.24. The van der Waals surface area contributed by atoms with Crippen molar-refractivity contribution in [1.29, 1.82) is 0 Å². The first-order chi connectivity index (χ1) is 9.95. The lowest BCUT2D eigenvalue weighted by molar-refractivity contribution is 0.0533. The van der Waals surface area contributed by atoms with Crippen LogP contribution in [0, 0.1) is 3.95 Å². The Bertz CT molecular complexity index is 699. The van der Waals surface area contributed by atoms with Gasteiger partial charge in [0.1, 0.15) is 5.82 Å². The van der Waals surface area contributed by atoms with Gasteiger partial charge in [-0.15, -0.1) is 0 Å². The van der Waals surface area contributed by atoms with E-state index in [4.69, 9.17) is 22.7 Å². The van der Waals surface area contributed by atoms with Gasteiger partial charge in [-0.25, -0.2) is 4.79 Å². The molecule has 1 aromatic heterocycles. The number of anilines is 1. The second-order valence-corrected chi connectivity index (χ2v) is 6.53. The lowest BCUT2D eigenvalue weighted by Gasteiger charge is -2.09. The van der Waals surface area contributed by atoms with Crippen LogP contribution >= 0.6 is 23.6 Å². The number of ether oxygens (including phenoxy) is 1. The Morgan fingerprint density at radius 3 is 2.52 bits per heavy atom. The molecule has 0 spiro atoms. The molecule has 4 nitrogen and oxygen atoms in total. The molecule has 6 heteroatoms. The van der Waals surface area contributed by atoms with Gasteiger partial charge in [0.2, 0.25) is 0 Å². The molecule has 21 heavy (non-hydrogen) atoms. The Hall–Kier alpha value is -1.66. The van der Waals surface area contributed by atoms with E-state index in [0.717, 1.165) is 5.69 Å². The predicted octanol–water partition coefficient (Wildman–Crippen LogP) is 4.15. The van der Waals surface area contributed by atoms with Crippen molar-refractivity contribution in [1.82, 2.24) is 4.57 Å². The van der Waals surface area contributed by atoms with E-state index in [1.54, 1.807) is 11.5 Å². The summed E-state index contributed by atoms with van der Waals surface area (Å²) in [6, 6.07) is 8.01. The molecule has 0 aliphatic carbocycles. The van der Waals surface area contributed by atoms with E-state index in [1.807, 2.05) is 24.3 Å². The van der Waals surface area contributed by atoms with Gasteiger partial charge in [0.15, 0.2) is 8.83 Å². The van der Waals surface area contributed by atoms with E-state index >= 15 is 0 Å². The number of thiazole rings is 1. The van der Waals surface area contributed by atoms with Crippen LogP contribution in [0.1, 0.15) is 41.9 Å². The van der Waals surface area contributed by atoms with Crippen LogP contribution in [0.15, 0.2) is 24.3 Å². The van der Waals surface area contributed by atoms with Crippen molar-refractivity contribution in [3.05, 3.63) is 38.7 Å². The summed E-state index contributed by atoms with van der Waals surface area (Å²) >= 11 is 6.50. The normalized spacial score (nSPS) is 10.9. The third-order valence-electron chi connectivity index (χ3n) is 3.12. The second-order valence-electron chi connectivity index (χ2n) is 4.88. The number of hydrogen-bond acceptors (Lipinski definition) is 5. The minimum absolute atomic E-state index is 0.312. The molecule has 0 saturated carbocycles. The second kappa shape index (κ2) is 6.41. The Labute approximate surface area is 133 Å². The number of rotatable bonds is 4. The van der Waals surface area contributed by atoms with Gasteiger partial charge in [-0.05, 0) is 42.8 Å². The highest BCUT2D eigenvalue weighted by atomic mass is 32.1. The Morgan fingerprint density at radius 2 is 2.00 bits per heavy atom.